The zero-order chi connectivity index (χ0) is 22.5. The van der Waals surface area contributed by atoms with E-state index in [0.29, 0.717) is 0 Å². The highest BCUT2D eigenvalue weighted by atomic mass is 79.9. The number of nitrogens with two attached hydrogens (primary N) is 1. The van der Waals surface area contributed by atoms with Crippen molar-refractivity contribution in [2.45, 2.75) is 44.4 Å². The van der Waals surface area contributed by atoms with Gasteiger partial charge in [-0.3, -0.25) is 14.4 Å². The molecule has 0 saturated carbocycles. The van der Waals surface area contributed by atoms with Crippen LogP contribution in [0.5, 0.6) is 0 Å². The molecule has 0 bridgehead atoms. The van der Waals surface area contributed by atoms with E-state index in [-0.39, 0.29) is 43.4 Å². The molecule has 2 atom stereocenters. The fourth-order valence-electron chi connectivity index (χ4n) is 2.36. The zero-order valence-electron chi connectivity index (χ0n) is 16.1. The summed E-state index contributed by atoms with van der Waals surface area (Å²) in [5, 5.41) is 13.9. The summed E-state index contributed by atoms with van der Waals surface area (Å²) in [6.07, 6.45) is -1.44. The van der Waals surface area contributed by atoms with Crippen molar-refractivity contribution in [1.82, 2.24) is 10.6 Å². The fourth-order valence-corrected chi connectivity index (χ4v) is 2.64. The van der Waals surface area contributed by atoms with Crippen LogP contribution in [0.15, 0.2) is 30.3 Å². The highest BCUT2D eigenvalue weighted by molar-refractivity contribution is 9.09. The zero-order valence-corrected chi connectivity index (χ0v) is 17.7. The van der Waals surface area contributed by atoms with Crippen molar-refractivity contribution in [2.75, 3.05) is 5.33 Å². The second-order valence-corrected chi connectivity index (χ2v) is 6.93. The molecule has 30 heavy (non-hydrogen) atoms. The molecular formula is C19H24BrN3O7. The normalized spacial score (nSPS) is 12.3. The summed E-state index contributed by atoms with van der Waals surface area (Å²) in [7, 11) is 0. The number of hydrogen-bond acceptors (Lipinski definition) is 6. The van der Waals surface area contributed by atoms with Gasteiger partial charge in [0.1, 0.15) is 24.5 Å². The van der Waals surface area contributed by atoms with E-state index >= 15 is 0 Å². The third-order valence-electron chi connectivity index (χ3n) is 3.98. The number of amides is 3. The van der Waals surface area contributed by atoms with Crippen molar-refractivity contribution < 1.29 is 33.8 Å². The van der Waals surface area contributed by atoms with Gasteiger partial charge in [-0.15, -0.1) is 0 Å². The molecule has 1 rings (SSSR count). The molecule has 0 aliphatic rings. The topological polar surface area (TPSA) is 165 Å². The minimum atomic E-state index is -1.33. The number of carboxylic acid groups (broad SMARTS) is 1. The molecule has 0 aromatic heterocycles. The molecule has 0 spiro atoms. The Bertz CT molecular complexity index is 758. The van der Waals surface area contributed by atoms with Crippen molar-refractivity contribution >= 4 is 45.6 Å². The molecule has 11 heteroatoms. The van der Waals surface area contributed by atoms with Crippen molar-refractivity contribution in [2.24, 2.45) is 5.73 Å². The predicted molar refractivity (Wildman–Crippen MR) is 110 cm³/mol. The number of alkyl carbamates (subject to hydrolysis) is 1. The molecule has 0 aliphatic heterocycles. The lowest BCUT2D eigenvalue weighted by Gasteiger charge is -2.21. The van der Waals surface area contributed by atoms with E-state index in [1.54, 1.807) is 30.3 Å². The van der Waals surface area contributed by atoms with E-state index < -0.39 is 36.0 Å². The molecule has 10 nitrogen and oxygen atoms in total. The Labute approximate surface area is 181 Å². The maximum atomic E-state index is 12.5. The molecule has 0 aliphatic carbocycles. The lowest BCUT2D eigenvalue weighted by atomic mass is 10.1. The lowest BCUT2D eigenvalue weighted by molar-refractivity contribution is -0.142. The number of Topliss-reactive ketones (excluding diaryl/α,β-unsaturated/α-hetero) is 1. The number of hydrogen-bond donors (Lipinski definition) is 4. The maximum Gasteiger partial charge on any atom is 0.408 e. The first kappa shape index (κ1) is 25.1. The van der Waals surface area contributed by atoms with Crippen LogP contribution in [-0.2, 0) is 30.5 Å². The number of benzene rings is 1. The van der Waals surface area contributed by atoms with Crippen LogP contribution in [0.25, 0.3) is 0 Å². The van der Waals surface area contributed by atoms with Crippen LogP contribution in [0.4, 0.5) is 4.79 Å². The average Bonchev–Trinajstić information content (AvgIpc) is 2.72. The van der Waals surface area contributed by atoms with E-state index in [9.17, 15) is 29.1 Å². The smallest absolute Gasteiger partial charge is 0.408 e. The van der Waals surface area contributed by atoms with Crippen molar-refractivity contribution in [3.63, 3.8) is 0 Å². The number of nitrogens with one attached hydrogen (secondary N) is 2. The SMILES string of the molecule is NC(=O)CCC(NC(=O)OCc1ccccc1)C(=O)NC(CCC(=O)CBr)C(=O)O. The van der Waals surface area contributed by atoms with Gasteiger partial charge in [0, 0.05) is 12.8 Å². The quantitative estimate of drug-likeness (QED) is 0.300. The van der Waals surface area contributed by atoms with Crippen LogP contribution in [0.2, 0.25) is 0 Å². The molecule has 2 unspecified atom stereocenters. The van der Waals surface area contributed by atoms with Gasteiger partial charge >= 0.3 is 12.1 Å². The van der Waals surface area contributed by atoms with Crippen LogP contribution >= 0.6 is 15.9 Å². The number of ether oxygens (including phenoxy) is 1. The van der Waals surface area contributed by atoms with Crippen LogP contribution in [0, 0.1) is 0 Å². The Kier molecular flexibility index (Phi) is 11.1. The number of aliphatic carboxylic acids is 1. The number of carboxylic acids is 1. The average molecular weight is 486 g/mol. The summed E-state index contributed by atoms with van der Waals surface area (Å²) in [4.78, 5) is 58.4. The Morgan fingerprint density at radius 2 is 1.63 bits per heavy atom. The number of ketones is 1. The number of carbonyl (C=O) groups is 5. The summed E-state index contributed by atoms with van der Waals surface area (Å²) in [5.41, 5.74) is 5.83. The molecular weight excluding hydrogens is 462 g/mol. The van der Waals surface area contributed by atoms with Crippen molar-refractivity contribution in [3.05, 3.63) is 35.9 Å². The van der Waals surface area contributed by atoms with Crippen LogP contribution in [0.1, 0.15) is 31.2 Å². The van der Waals surface area contributed by atoms with Gasteiger partial charge in [0.15, 0.2) is 0 Å². The fraction of sp³-hybridized carbons (Fsp3) is 0.421. The van der Waals surface area contributed by atoms with Crippen LogP contribution in [-0.4, -0.2) is 52.2 Å². The molecule has 0 saturated heterocycles. The van der Waals surface area contributed by atoms with Gasteiger partial charge in [-0.2, -0.15) is 0 Å². The van der Waals surface area contributed by atoms with Gasteiger partial charge in [-0.05, 0) is 18.4 Å². The minimum absolute atomic E-state index is 0.0385. The molecule has 3 amide bonds. The Morgan fingerprint density at radius 1 is 1.00 bits per heavy atom. The number of rotatable bonds is 13. The summed E-state index contributed by atoms with van der Waals surface area (Å²) < 4.78 is 5.05. The van der Waals surface area contributed by atoms with E-state index in [0.717, 1.165) is 5.56 Å². The molecule has 1 aromatic carbocycles. The third kappa shape index (κ3) is 10.0. The number of halogens is 1. The largest absolute Gasteiger partial charge is 0.480 e. The third-order valence-corrected chi connectivity index (χ3v) is 4.60. The summed E-state index contributed by atoms with van der Waals surface area (Å²) in [5.74, 6) is -3.06. The van der Waals surface area contributed by atoms with Gasteiger partial charge in [0.05, 0.1) is 5.33 Å². The molecule has 0 radical (unpaired) electrons. The second kappa shape index (κ2) is 13.3. The monoisotopic (exact) mass is 485 g/mol. The molecule has 164 valence electrons. The first-order valence-corrected chi connectivity index (χ1v) is 10.2. The first-order chi connectivity index (χ1) is 14.2. The van der Waals surface area contributed by atoms with Gasteiger partial charge in [-0.25, -0.2) is 9.59 Å². The van der Waals surface area contributed by atoms with E-state index in [4.69, 9.17) is 10.5 Å². The van der Waals surface area contributed by atoms with Crippen LogP contribution < -0.4 is 16.4 Å². The summed E-state index contributed by atoms with van der Waals surface area (Å²) in [6, 6.07) is 6.26. The van der Waals surface area contributed by atoms with Gasteiger partial charge in [-0.1, -0.05) is 46.3 Å². The highest BCUT2D eigenvalue weighted by Crippen LogP contribution is 2.05. The van der Waals surface area contributed by atoms with Crippen molar-refractivity contribution in [1.29, 1.82) is 0 Å². The minimum Gasteiger partial charge on any atom is -0.480 e. The molecule has 1 aromatic rings. The van der Waals surface area contributed by atoms with E-state index in [2.05, 4.69) is 26.6 Å². The maximum absolute atomic E-state index is 12.5. The van der Waals surface area contributed by atoms with Crippen LogP contribution in [0.3, 0.4) is 0 Å². The summed E-state index contributed by atoms with van der Waals surface area (Å²) in [6.45, 7) is -0.0385. The van der Waals surface area contributed by atoms with E-state index in [1.165, 1.54) is 0 Å². The highest BCUT2D eigenvalue weighted by Gasteiger charge is 2.27. The molecule has 5 N–H and O–H groups in total. The van der Waals surface area contributed by atoms with Gasteiger partial charge in [0.2, 0.25) is 11.8 Å². The number of carbonyl (C=O) groups excluding carboxylic acids is 4. The lowest BCUT2D eigenvalue weighted by Crippen LogP contribution is -2.52. The first-order valence-electron chi connectivity index (χ1n) is 9.09. The predicted octanol–water partition coefficient (Wildman–Crippen LogP) is 0.860. The second-order valence-electron chi connectivity index (χ2n) is 6.37. The standard InChI is InChI=1S/C19H24BrN3O7/c20-10-13(24)6-7-15(18(27)28)22-17(26)14(8-9-16(21)25)23-19(29)30-11-12-4-2-1-3-5-12/h1-5,14-15H,6-11H2,(H2,21,25)(H,22,26)(H,23,29)(H,27,28). The van der Waals surface area contributed by atoms with Gasteiger partial charge in [0.25, 0.3) is 0 Å². The Hall–Kier alpha value is -2.95. The number of alkyl halides is 1. The molecule has 0 heterocycles. The number of primary amides is 1. The van der Waals surface area contributed by atoms with Gasteiger partial charge < -0.3 is 26.2 Å². The van der Waals surface area contributed by atoms with Crippen molar-refractivity contribution in [3.8, 4) is 0 Å². The Balaban J connectivity index is 2.72. The Morgan fingerprint density at radius 3 is 2.20 bits per heavy atom. The summed E-state index contributed by atoms with van der Waals surface area (Å²) >= 11 is 2.98. The molecule has 0 fully saturated rings. The van der Waals surface area contributed by atoms with E-state index in [1.807, 2.05) is 0 Å².